The number of fused-ring (bicyclic) bond motifs is 1. The van der Waals surface area contributed by atoms with Gasteiger partial charge in [-0.05, 0) is 36.8 Å². The summed E-state index contributed by atoms with van der Waals surface area (Å²) >= 11 is 0. The normalized spacial score (nSPS) is 19.3. The summed E-state index contributed by atoms with van der Waals surface area (Å²) in [5.41, 5.74) is 1.81. The molecule has 3 aromatic heterocycles. The zero-order valence-electron chi connectivity index (χ0n) is 15.4. The molecule has 1 saturated carbocycles. The number of nitrogens with one attached hydrogen (secondary N) is 1. The molecule has 0 spiro atoms. The first-order valence-electron chi connectivity index (χ1n) is 9.46. The number of hydrogen-bond acceptors (Lipinski definition) is 7. The first-order valence-corrected chi connectivity index (χ1v) is 9.46. The maximum Gasteiger partial charge on any atom is 0.241 e. The van der Waals surface area contributed by atoms with Gasteiger partial charge in [0.25, 0.3) is 0 Å². The van der Waals surface area contributed by atoms with Crippen molar-refractivity contribution >= 4 is 17.2 Å². The summed E-state index contributed by atoms with van der Waals surface area (Å²) in [6, 6.07) is 5.20. The highest BCUT2D eigenvalue weighted by Gasteiger charge is 2.27. The Hall–Kier alpha value is -3.38. The second kappa shape index (κ2) is 6.90. The third-order valence-electron chi connectivity index (χ3n) is 5.30. The fourth-order valence-electron chi connectivity index (χ4n) is 3.56. The van der Waals surface area contributed by atoms with Crippen LogP contribution in [0.5, 0.6) is 0 Å². The van der Waals surface area contributed by atoms with E-state index in [1.165, 1.54) is 10.7 Å². The third kappa shape index (κ3) is 3.11. The molecule has 4 heterocycles. The molecule has 0 bridgehead atoms. The van der Waals surface area contributed by atoms with Gasteiger partial charge in [-0.2, -0.15) is 5.26 Å². The monoisotopic (exact) mass is 392 g/mol. The van der Waals surface area contributed by atoms with Gasteiger partial charge in [-0.1, -0.05) is 6.07 Å². The number of Topliss-reactive ketones (excluding diaryl/α,β-unsaturated/α-hetero) is 1. The lowest BCUT2D eigenvalue weighted by Gasteiger charge is -2.21. The van der Waals surface area contributed by atoms with Crippen molar-refractivity contribution in [2.24, 2.45) is 0 Å². The van der Waals surface area contributed by atoms with Crippen molar-refractivity contribution in [1.82, 2.24) is 19.6 Å². The van der Waals surface area contributed by atoms with Crippen LogP contribution in [0, 0.1) is 17.1 Å². The average Bonchev–Trinajstić information content (AvgIpc) is 3.55. The van der Waals surface area contributed by atoms with Crippen molar-refractivity contribution in [3.05, 3.63) is 41.5 Å². The highest BCUT2D eigenvalue weighted by Crippen LogP contribution is 2.40. The zero-order chi connectivity index (χ0) is 20.0. The Morgan fingerprint density at radius 1 is 1.24 bits per heavy atom. The summed E-state index contributed by atoms with van der Waals surface area (Å²) < 4.78 is 21.3. The quantitative estimate of drug-likeness (QED) is 0.727. The van der Waals surface area contributed by atoms with Crippen molar-refractivity contribution in [2.45, 2.75) is 31.2 Å². The Bertz CT molecular complexity index is 1150. The molecule has 1 aliphatic heterocycles. The minimum absolute atomic E-state index is 0.0408. The van der Waals surface area contributed by atoms with Crippen LogP contribution >= 0.6 is 0 Å². The predicted molar refractivity (Wildman–Crippen MR) is 101 cm³/mol. The second-order valence-corrected chi connectivity index (χ2v) is 7.28. The molecule has 1 atom stereocenters. The Morgan fingerprint density at radius 2 is 2.10 bits per heavy atom. The highest BCUT2D eigenvalue weighted by molar-refractivity contribution is 5.87. The maximum absolute atomic E-state index is 14.8. The lowest BCUT2D eigenvalue weighted by atomic mass is 10.1. The largest absolute Gasteiger partial charge is 0.374 e. The summed E-state index contributed by atoms with van der Waals surface area (Å²) in [4.78, 5) is 20.6. The van der Waals surface area contributed by atoms with Gasteiger partial charge in [0.1, 0.15) is 29.5 Å². The van der Waals surface area contributed by atoms with E-state index in [4.69, 9.17) is 4.74 Å². The summed E-state index contributed by atoms with van der Waals surface area (Å²) in [7, 11) is 0. The van der Waals surface area contributed by atoms with Crippen molar-refractivity contribution in [3.8, 4) is 17.5 Å². The van der Waals surface area contributed by atoms with E-state index in [0.717, 1.165) is 18.4 Å². The Morgan fingerprint density at radius 3 is 2.79 bits per heavy atom. The number of nitrogens with zero attached hydrogens (tertiary/aromatic N) is 5. The van der Waals surface area contributed by atoms with Gasteiger partial charge in [0, 0.05) is 12.8 Å². The molecule has 3 aromatic rings. The number of nitriles is 1. The number of carbonyl (C=O) groups is 1. The van der Waals surface area contributed by atoms with Crippen LogP contribution in [0.4, 0.5) is 10.3 Å². The van der Waals surface area contributed by atoms with Gasteiger partial charge in [0.15, 0.2) is 11.6 Å². The molecule has 146 valence electrons. The summed E-state index contributed by atoms with van der Waals surface area (Å²) in [5.74, 6) is -0.0609. The molecule has 5 rings (SSSR count). The number of carbonyl (C=O) groups excluding carboxylic acids is 1. The lowest BCUT2D eigenvalue weighted by molar-refractivity contribution is -0.128. The van der Waals surface area contributed by atoms with E-state index >= 15 is 0 Å². The topological polar surface area (TPSA) is 105 Å². The molecule has 29 heavy (non-hydrogen) atoms. The molecule has 1 aliphatic carbocycles. The molecule has 1 N–H and O–H groups in total. The van der Waals surface area contributed by atoms with E-state index in [-0.39, 0.29) is 35.1 Å². The first-order chi connectivity index (χ1) is 14.2. The molecule has 2 aliphatic rings. The van der Waals surface area contributed by atoms with Gasteiger partial charge in [-0.15, -0.1) is 5.10 Å². The van der Waals surface area contributed by atoms with Crippen LogP contribution in [0.15, 0.2) is 24.5 Å². The Kier molecular flexibility index (Phi) is 4.21. The number of hydrogen-bond donors (Lipinski definition) is 1. The molecule has 9 heteroatoms. The first kappa shape index (κ1) is 17.7. The van der Waals surface area contributed by atoms with Gasteiger partial charge in [-0.25, -0.2) is 13.9 Å². The number of anilines is 1. The standard InChI is InChI=1S/C20H17FN6O2/c21-18-13(7-22)19(15-4-3-12(8-23-15)11-1-2-11)27-16(18)9-24-20(26-27)25-14-5-6-29-10-17(14)28/h3-4,8-9,11,14H,1-2,5-6,10H2,(H,25,26)/t14-/m1/s1. The minimum atomic E-state index is -0.690. The van der Waals surface area contributed by atoms with Crippen LogP contribution in [0.3, 0.4) is 0 Å². The molecular formula is C20H17FN6O2. The van der Waals surface area contributed by atoms with Crippen LogP contribution in [0.2, 0.25) is 0 Å². The number of pyridine rings is 1. The summed E-state index contributed by atoms with van der Waals surface area (Å²) in [6.07, 6.45) is 5.88. The highest BCUT2D eigenvalue weighted by atomic mass is 19.1. The zero-order valence-corrected chi connectivity index (χ0v) is 15.4. The Balaban J connectivity index is 1.57. The van der Waals surface area contributed by atoms with Gasteiger partial charge in [0.2, 0.25) is 5.95 Å². The molecule has 8 nitrogen and oxygen atoms in total. The Labute approximate surface area is 165 Å². The maximum atomic E-state index is 14.8. The summed E-state index contributed by atoms with van der Waals surface area (Å²) in [5, 5.41) is 16.9. The van der Waals surface area contributed by atoms with Gasteiger partial charge >= 0.3 is 0 Å². The van der Waals surface area contributed by atoms with E-state index in [2.05, 4.69) is 20.4 Å². The molecular weight excluding hydrogens is 375 g/mol. The smallest absolute Gasteiger partial charge is 0.241 e. The van der Waals surface area contributed by atoms with Crippen molar-refractivity contribution < 1.29 is 13.9 Å². The minimum Gasteiger partial charge on any atom is -0.374 e. The van der Waals surface area contributed by atoms with E-state index < -0.39 is 11.9 Å². The fourth-order valence-corrected chi connectivity index (χ4v) is 3.56. The number of halogens is 1. The lowest BCUT2D eigenvalue weighted by Crippen LogP contribution is -2.38. The molecule has 0 amide bonds. The number of rotatable bonds is 4. The predicted octanol–water partition coefficient (Wildman–Crippen LogP) is 2.45. The second-order valence-electron chi connectivity index (χ2n) is 7.28. The average molecular weight is 392 g/mol. The fraction of sp³-hybridized carbons (Fsp3) is 0.350. The number of ether oxygens (including phenoxy) is 1. The van der Waals surface area contributed by atoms with E-state index in [9.17, 15) is 14.4 Å². The van der Waals surface area contributed by atoms with Crippen LogP contribution in [0.1, 0.15) is 36.3 Å². The SMILES string of the molecule is N#Cc1c(F)c2cnc(N[C@@H]3CCOCC3=O)nn2c1-c1ccc(C2CC2)cn1. The van der Waals surface area contributed by atoms with Crippen LogP contribution in [-0.4, -0.2) is 44.6 Å². The van der Waals surface area contributed by atoms with Gasteiger partial charge in [0.05, 0.1) is 17.9 Å². The van der Waals surface area contributed by atoms with Crippen molar-refractivity contribution in [1.29, 1.82) is 5.26 Å². The van der Waals surface area contributed by atoms with Gasteiger partial charge in [-0.3, -0.25) is 9.78 Å². The van der Waals surface area contributed by atoms with E-state index in [1.54, 1.807) is 12.3 Å². The third-order valence-corrected chi connectivity index (χ3v) is 5.30. The molecule has 2 fully saturated rings. The van der Waals surface area contributed by atoms with Gasteiger partial charge < -0.3 is 10.1 Å². The molecule has 1 saturated heterocycles. The summed E-state index contributed by atoms with van der Waals surface area (Å²) in [6.45, 7) is 0.504. The number of aromatic nitrogens is 4. The van der Waals surface area contributed by atoms with Crippen LogP contribution < -0.4 is 5.32 Å². The van der Waals surface area contributed by atoms with Crippen LogP contribution in [0.25, 0.3) is 16.9 Å². The van der Waals surface area contributed by atoms with E-state index in [0.29, 0.717) is 24.6 Å². The van der Waals surface area contributed by atoms with E-state index in [1.807, 2.05) is 12.1 Å². The number of ketones is 1. The molecule has 0 aromatic carbocycles. The molecule has 0 unspecified atom stereocenters. The van der Waals surface area contributed by atoms with Crippen molar-refractivity contribution in [2.75, 3.05) is 18.5 Å². The molecule has 0 radical (unpaired) electrons. The van der Waals surface area contributed by atoms with Crippen LogP contribution in [-0.2, 0) is 9.53 Å². The van der Waals surface area contributed by atoms with Crippen molar-refractivity contribution in [3.63, 3.8) is 0 Å².